The topological polar surface area (TPSA) is 40.6 Å². The highest BCUT2D eigenvalue weighted by molar-refractivity contribution is 5.42. The fraction of sp³-hybridized carbons (Fsp3) is 0.353. The van der Waals surface area contributed by atoms with Gasteiger partial charge in [-0.05, 0) is 31.2 Å². The van der Waals surface area contributed by atoms with E-state index in [1.807, 2.05) is 20.8 Å². The molecule has 0 aliphatic carbocycles. The van der Waals surface area contributed by atoms with Gasteiger partial charge >= 0.3 is 0 Å². The van der Waals surface area contributed by atoms with Crippen molar-refractivity contribution in [3.8, 4) is 11.5 Å². The highest BCUT2D eigenvalue weighted by Crippen LogP contribution is 2.35. The summed E-state index contributed by atoms with van der Waals surface area (Å²) in [5, 5.41) is 0. The van der Waals surface area contributed by atoms with E-state index in [0.29, 0.717) is 19.0 Å². The normalized spacial score (nSPS) is 15.8. The van der Waals surface area contributed by atoms with E-state index in [1.54, 1.807) is 18.3 Å². The molecule has 5 heteroatoms. The largest absolute Gasteiger partial charge is 0.489 e. The number of benzene rings is 1. The molecule has 1 aliphatic rings. The Labute approximate surface area is 128 Å². The Balaban J connectivity index is 1.82. The Morgan fingerprint density at radius 3 is 2.73 bits per heavy atom. The maximum atomic E-state index is 12.9. The molecule has 0 atom stereocenters. The van der Waals surface area contributed by atoms with Gasteiger partial charge in [-0.15, -0.1) is 0 Å². The predicted molar refractivity (Wildman–Crippen MR) is 79.2 cm³/mol. The first kappa shape index (κ1) is 14.8. The van der Waals surface area contributed by atoms with Gasteiger partial charge in [0, 0.05) is 31.2 Å². The van der Waals surface area contributed by atoms with Crippen molar-refractivity contribution in [2.24, 2.45) is 0 Å². The van der Waals surface area contributed by atoms with Crippen LogP contribution in [-0.4, -0.2) is 10.8 Å². The van der Waals surface area contributed by atoms with Gasteiger partial charge in [-0.2, -0.15) is 0 Å². The molecule has 0 spiro atoms. The van der Waals surface area contributed by atoms with Gasteiger partial charge in [-0.3, -0.25) is 4.98 Å². The van der Waals surface area contributed by atoms with Crippen molar-refractivity contribution in [2.75, 3.05) is 0 Å². The van der Waals surface area contributed by atoms with Crippen molar-refractivity contribution in [2.45, 2.75) is 39.8 Å². The number of pyridine rings is 1. The Kier molecular flexibility index (Phi) is 3.74. The number of fused-ring (bicyclic) bond motifs is 1. The second-order valence-corrected chi connectivity index (χ2v) is 5.71. The van der Waals surface area contributed by atoms with Crippen molar-refractivity contribution in [3.05, 3.63) is 53.1 Å². The van der Waals surface area contributed by atoms with E-state index in [9.17, 15) is 4.39 Å². The molecule has 0 radical (unpaired) electrons. The number of nitrogens with zero attached hydrogens (tertiary/aromatic N) is 1. The number of aromatic nitrogens is 1. The lowest BCUT2D eigenvalue weighted by molar-refractivity contribution is -0.181. The summed E-state index contributed by atoms with van der Waals surface area (Å²) in [7, 11) is 0. The zero-order chi connectivity index (χ0) is 15.7. The summed E-state index contributed by atoms with van der Waals surface area (Å²) >= 11 is 0. The molecule has 0 unspecified atom stereocenters. The van der Waals surface area contributed by atoms with Gasteiger partial charge in [0.2, 0.25) is 5.79 Å². The average Bonchev–Trinajstić information content (AvgIpc) is 2.48. The third kappa shape index (κ3) is 3.04. The first-order valence-corrected chi connectivity index (χ1v) is 7.13. The summed E-state index contributed by atoms with van der Waals surface area (Å²) < 4.78 is 30.1. The van der Waals surface area contributed by atoms with Crippen molar-refractivity contribution in [1.29, 1.82) is 0 Å². The maximum absolute atomic E-state index is 12.9. The first-order chi connectivity index (χ1) is 10.4. The molecular weight excluding hydrogens is 285 g/mol. The predicted octanol–water partition coefficient (Wildman–Crippen LogP) is 3.75. The third-order valence-corrected chi connectivity index (χ3v) is 3.52. The van der Waals surface area contributed by atoms with Crippen molar-refractivity contribution >= 4 is 0 Å². The number of hydrogen-bond donors (Lipinski definition) is 0. The highest BCUT2D eigenvalue weighted by atomic mass is 19.1. The molecule has 0 amide bonds. The van der Waals surface area contributed by atoms with Gasteiger partial charge in [0.25, 0.3) is 0 Å². The SMILES string of the molecule is Cc1ncc(COc2ccc(F)cc2)c2c1OC(C)(C)OC2. The first-order valence-electron chi connectivity index (χ1n) is 7.13. The Bertz CT molecular complexity index is 683. The molecule has 0 saturated carbocycles. The second-order valence-electron chi connectivity index (χ2n) is 5.71. The van der Waals surface area contributed by atoms with Gasteiger partial charge in [0.05, 0.1) is 12.3 Å². The summed E-state index contributed by atoms with van der Waals surface area (Å²) in [5.74, 6) is 0.423. The van der Waals surface area contributed by atoms with Crippen LogP contribution in [0, 0.1) is 12.7 Å². The molecule has 3 rings (SSSR count). The fourth-order valence-corrected chi connectivity index (χ4v) is 2.31. The minimum absolute atomic E-state index is 0.286. The van der Waals surface area contributed by atoms with Gasteiger partial charge in [0.15, 0.2) is 0 Å². The number of rotatable bonds is 3. The van der Waals surface area contributed by atoms with E-state index in [4.69, 9.17) is 14.2 Å². The molecule has 2 heterocycles. The van der Waals surface area contributed by atoms with Crippen molar-refractivity contribution < 1.29 is 18.6 Å². The van der Waals surface area contributed by atoms with Gasteiger partial charge in [-0.1, -0.05) is 0 Å². The number of hydrogen-bond acceptors (Lipinski definition) is 4. The van der Waals surface area contributed by atoms with E-state index < -0.39 is 5.79 Å². The molecule has 0 saturated heterocycles. The lowest BCUT2D eigenvalue weighted by Gasteiger charge is -2.34. The summed E-state index contributed by atoms with van der Waals surface area (Å²) in [4.78, 5) is 4.36. The summed E-state index contributed by atoms with van der Waals surface area (Å²) in [6.07, 6.45) is 1.77. The quantitative estimate of drug-likeness (QED) is 0.866. The minimum atomic E-state index is -0.657. The van der Waals surface area contributed by atoms with Crippen LogP contribution in [0.5, 0.6) is 11.5 Å². The van der Waals surface area contributed by atoms with Crippen LogP contribution in [0.1, 0.15) is 30.7 Å². The van der Waals surface area contributed by atoms with E-state index in [2.05, 4.69) is 4.98 Å². The highest BCUT2D eigenvalue weighted by Gasteiger charge is 2.30. The van der Waals surface area contributed by atoms with Crippen molar-refractivity contribution in [3.63, 3.8) is 0 Å². The van der Waals surface area contributed by atoms with Gasteiger partial charge in [0.1, 0.15) is 23.9 Å². The van der Waals surface area contributed by atoms with Crippen LogP contribution in [0.2, 0.25) is 0 Å². The van der Waals surface area contributed by atoms with Gasteiger partial charge < -0.3 is 14.2 Å². The van der Waals surface area contributed by atoms with Crippen LogP contribution >= 0.6 is 0 Å². The molecule has 2 aromatic rings. The molecule has 4 nitrogen and oxygen atoms in total. The van der Waals surface area contributed by atoms with Crippen molar-refractivity contribution in [1.82, 2.24) is 4.98 Å². The summed E-state index contributed by atoms with van der Waals surface area (Å²) in [6.45, 7) is 6.43. The maximum Gasteiger partial charge on any atom is 0.205 e. The van der Waals surface area contributed by atoms with E-state index in [-0.39, 0.29) is 5.82 Å². The molecule has 1 aliphatic heterocycles. The Hall–Kier alpha value is -2.14. The Morgan fingerprint density at radius 2 is 2.00 bits per heavy atom. The van der Waals surface area contributed by atoms with Gasteiger partial charge in [-0.25, -0.2) is 4.39 Å². The fourth-order valence-electron chi connectivity index (χ4n) is 2.31. The number of aryl methyl sites for hydroxylation is 1. The molecule has 116 valence electrons. The van der Waals surface area contributed by atoms with E-state index in [1.165, 1.54) is 12.1 Å². The van der Waals surface area contributed by atoms with Crippen LogP contribution in [0.4, 0.5) is 4.39 Å². The van der Waals surface area contributed by atoms with Crippen LogP contribution < -0.4 is 9.47 Å². The molecule has 0 fully saturated rings. The van der Waals surface area contributed by atoms with Crippen LogP contribution in [0.3, 0.4) is 0 Å². The minimum Gasteiger partial charge on any atom is -0.489 e. The summed E-state index contributed by atoms with van der Waals surface area (Å²) in [5.41, 5.74) is 2.69. The Morgan fingerprint density at radius 1 is 1.27 bits per heavy atom. The molecule has 22 heavy (non-hydrogen) atoms. The lowest BCUT2D eigenvalue weighted by atomic mass is 10.1. The lowest BCUT2D eigenvalue weighted by Crippen LogP contribution is -2.36. The van der Waals surface area contributed by atoms with E-state index >= 15 is 0 Å². The standard InChI is InChI=1S/C17H18FNO3/c1-11-16-15(10-21-17(2,3)22-16)12(8-19-11)9-20-14-6-4-13(18)5-7-14/h4-8H,9-10H2,1-3H3. The zero-order valence-corrected chi connectivity index (χ0v) is 12.9. The number of ether oxygens (including phenoxy) is 3. The smallest absolute Gasteiger partial charge is 0.205 e. The third-order valence-electron chi connectivity index (χ3n) is 3.52. The molecular formula is C17H18FNO3. The van der Waals surface area contributed by atoms with Crippen LogP contribution in [0.25, 0.3) is 0 Å². The zero-order valence-electron chi connectivity index (χ0n) is 12.9. The monoisotopic (exact) mass is 303 g/mol. The molecule has 1 aromatic carbocycles. The van der Waals surface area contributed by atoms with E-state index in [0.717, 1.165) is 22.6 Å². The number of halogens is 1. The summed E-state index contributed by atoms with van der Waals surface area (Å²) in [6, 6.07) is 5.93. The molecule has 1 aromatic heterocycles. The van der Waals surface area contributed by atoms with Crippen LogP contribution in [0.15, 0.2) is 30.5 Å². The average molecular weight is 303 g/mol. The second kappa shape index (κ2) is 5.57. The molecule has 0 N–H and O–H groups in total. The molecule has 0 bridgehead atoms. The van der Waals surface area contributed by atoms with Crippen LogP contribution in [-0.2, 0) is 18.0 Å².